The Morgan fingerprint density at radius 1 is 1.11 bits per heavy atom. The van der Waals surface area contributed by atoms with Crippen molar-refractivity contribution in [1.82, 2.24) is 4.98 Å². The Morgan fingerprint density at radius 2 is 1.91 bits per heavy atom. The topological polar surface area (TPSA) is 94.3 Å². The number of aryl methyl sites for hydroxylation is 2. The van der Waals surface area contributed by atoms with Gasteiger partial charge in [0.25, 0.3) is 0 Å². The van der Waals surface area contributed by atoms with Crippen molar-refractivity contribution < 1.29 is 14.3 Å². The molecule has 1 heterocycles. The number of nitrogens with one attached hydrogen (secondary N) is 1. The first-order valence-corrected chi connectivity index (χ1v) is 11.4. The molecule has 3 aromatic rings. The number of fused-ring (bicyclic) bond motifs is 1. The molecule has 0 saturated carbocycles. The first kappa shape index (κ1) is 25.6. The molecule has 3 rings (SSSR count). The van der Waals surface area contributed by atoms with E-state index >= 15 is 0 Å². The number of benzene rings is 2. The molecule has 1 amide bonds. The summed E-state index contributed by atoms with van der Waals surface area (Å²) in [6.07, 6.45) is 8.86. The van der Waals surface area contributed by atoms with E-state index in [1.807, 2.05) is 63.2 Å². The monoisotopic (exact) mass is 469 g/mol. The summed E-state index contributed by atoms with van der Waals surface area (Å²) in [5, 5.41) is 4.89. The van der Waals surface area contributed by atoms with Crippen molar-refractivity contribution in [3.8, 4) is 0 Å². The molecule has 180 valence electrons. The summed E-state index contributed by atoms with van der Waals surface area (Å²) < 4.78 is 5.49. The number of anilines is 1. The molecule has 2 aromatic carbocycles. The highest BCUT2D eigenvalue weighted by atomic mass is 16.5. The van der Waals surface area contributed by atoms with Crippen LogP contribution in [0.25, 0.3) is 10.8 Å². The maximum Gasteiger partial charge on any atom is 0.338 e. The largest absolute Gasteiger partial charge is 0.457 e. The molecule has 1 atom stereocenters. The predicted molar refractivity (Wildman–Crippen MR) is 141 cm³/mol. The van der Waals surface area contributed by atoms with Gasteiger partial charge in [-0.25, -0.2) is 4.79 Å². The molecule has 3 N–H and O–H groups in total. The second-order valence-corrected chi connectivity index (χ2v) is 8.38. The van der Waals surface area contributed by atoms with Gasteiger partial charge in [0.1, 0.15) is 6.61 Å². The predicted octanol–water partition coefficient (Wildman–Crippen LogP) is 5.28. The lowest BCUT2D eigenvalue weighted by molar-refractivity contribution is -0.118. The molecule has 35 heavy (non-hydrogen) atoms. The number of pyridine rings is 1. The second kappa shape index (κ2) is 11.9. The summed E-state index contributed by atoms with van der Waals surface area (Å²) in [5.41, 5.74) is 10.4. The normalized spacial score (nSPS) is 12.5. The van der Waals surface area contributed by atoms with E-state index in [-0.39, 0.29) is 25.0 Å². The van der Waals surface area contributed by atoms with Gasteiger partial charge in [-0.05, 0) is 67.1 Å². The number of amides is 1. The second-order valence-electron chi connectivity index (χ2n) is 8.38. The molecule has 6 heteroatoms. The number of hydrogen-bond acceptors (Lipinski definition) is 5. The highest BCUT2D eigenvalue weighted by molar-refractivity contribution is 5.97. The minimum atomic E-state index is -0.602. The quantitative estimate of drug-likeness (QED) is 0.328. The number of nitrogens with two attached hydrogens (primary N) is 1. The third-order valence-electron chi connectivity index (χ3n) is 5.76. The molecule has 0 fully saturated rings. The van der Waals surface area contributed by atoms with Crippen molar-refractivity contribution in [3.63, 3.8) is 0 Å². The molecular formula is C29H31N3O3. The molecular weight excluding hydrogens is 438 g/mol. The van der Waals surface area contributed by atoms with Crippen LogP contribution in [-0.4, -0.2) is 30.0 Å². The van der Waals surface area contributed by atoms with E-state index < -0.39 is 5.92 Å². The molecule has 0 unspecified atom stereocenters. The maximum atomic E-state index is 12.9. The number of ether oxygens (including phenoxy) is 1. The van der Waals surface area contributed by atoms with Crippen LogP contribution in [0.5, 0.6) is 0 Å². The average Bonchev–Trinajstić information content (AvgIpc) is 2.84. The Labute approximate surface area is 206 Å². The molecule has 0 aliphatic heterocycles. The van der Waals surface area contributed by atoms with Crippen LogP contribution in [0, 0.1) is 19.8 Å². The summed E-state index contributed by atoms with van der Waals surface area (Å²) in [4.78, 5) is 29.5. The van der Waals surface area contributed by atoms with Crippen molar-refractivity contribution in [2.75, 3.05) is 18.5 Å². The van der Waals surface area contributed by atoms with Gasteiger partial charge in [-0.15, -0.1) is 0 Å². The standard InChI is InChI=1S/C29H31N3O3/c1-5-22(18-35-29(34)26-11-6-19(2)14-21(26)4)8-7-20(3)27(16-30)28(33)32-25-10-9-24-17-31-13-12-23(24)15-25/h5-15,17,27H,3,16,18,30H2,1-2,4H3,(H,32,33)/b8-7-,22-5+/t27-/m0/s1. The Balaban J connectivity index is 1.60. The van der Waals surface area contributed by atoms with Crippen LogP contribution < -0.4 is 11.1 Å². The number of rotatable bonds is 9. The summed E-state index contributed by atoms with van der Waals surface area (Å²) in [5.74, 6) is -1.21. The van der Waals surface area contributed by atoms with E-state index in [2.05, 4.69) is 16.9 Å². The van der Waals surface area contributed by atoms with E-state index in [0.717, 1.165) is 27.5 Å². The van der Waals surface area contributed by atoms with Crippen molar-refractivity contribution >= 4 is 28.3 Å². The van der Waals surface area contributed by atoms with E-state index in [0.29, 0.717) is 16.8 Å². The minimum Gasteiger partial charge on any atom is -0.457 e. The highest BCUT2D eigenvalue weighted by Crippen LogP contribution is 2.20. The van der Waals surface area contributed by atoms with Gasteiger partial charge in [0, 0.05) is 30.0 Å². The van der Waals surface area contributed by atoms with Gasteiger partial charge in [0.15, 0.2) is 0 Å². The van der Waals surface area contributed by atoms with Gasteiger partial charge in [0.2, 0.25) is 5.91 Å². The highest BCUT2D eigenvalue weighted by Gasteiger charge is 2.19. The molecule has 6 nitrogen and oxygen atoms in total. The van der Waals surface area contributed by atoms with Gasteiger partial charge < -0.3 is 15.8 Å². The van der Waals surface area contributed by atoms with E-state index in [1.54, 1.807) is 30.6 Å². The maximum absolute atomic E-state index is 12.9. The van der Waals surface area contributed by atoms with E-state index in [1.165, 1.54) is 0 Å². The molecule has 0 aliphatic carbocycles. The number of hydrogen-bond donors (Lipinski definition) is 2. The zero-order valence-corrected chi connectivity index (χ0v) is 20.4. The summed E-state index contributed by atoms with van der Waals surface area (Å²) in [7, 11) is 0. The van der Waals surface area contributed by atoms with Gasteiger partial charge in [-0.3, -0.25) is 9.78 Å². The van der Waals surface area contributed by atoms with Gasteiger partial charge in [0.05, 0.1) is 11.5 Å². The lowest BCUT2D eigenvalue weighted by Crippen LogP contribution is -2.30. The smallest absolute Gasteiger partial charge is 0.338 e. The molecule has 0 aliphatic rings. The van der Waals surface area contributed by atoms with Gasteiger partial charge in [-0.1, -0.05) is 48.6 Å². The Hall–Kier alpha value is -4.03. The first-order chi connectivity index (χ1) is 16.8. The lowest BCUT2D eigenvalue weighted by atomic mass is 9.98. The van der Waals surface area contributed by atoms with Crippen molar-refractivity contribution in [1.29, 1.82) is 0 Å². The molecule has 0 spiro atoms. The average molecular weight is 470 g/mol. The Morgan fingerprint density at radius 3 is 2.63 bits per heavy atom. The molecule has 0 radical (unpaired) electrons. The lowest BCUT2D eigenvalue weighted by Gasteiger charge is -2.16. The van der Waals surface area contributed by atoms with Crippen LogP contribution in [0.15, 0.2) is 90.8 Å². The fraction of sp³-hybridized carbons (Fsp3) is 0.207. The zero-order chi connectivity index (χ0) is 25.4. The van der Waals surface area contributed by atoms with Crippen LogP contribution in [0.1, 0.15) is 28.4 Å². The molecule has 0 saturated heterocycles. The summed E-state index contributed by atoms with van der Waals surface area (Å²) >= 11 is 0. The van der Waals surface area contributed by atoms with Crippen molar-refractivity contribution in [2.45, 2.75) is 20.8 Å². The minimum absolute atomic E-state index is 0.109. The van der Waals surface area contributed by atoms with Crippen LogP contribution in [0.4, 0.5) is 5.69 Å². The number of esters is 1. The zero-order valence-electron chi connectivity index (χ0n) is 20.4. The van der Waals surface area contributed by atoms with Gasteiger partial charge in [-0.2, -0.15) is 0 Å². The van der Waals surface area contributed by atoms with Gasteiger partial charge >= 0.3 is 5.97 Å². The van der Waals surface area contributed by atoms with Crippen LogP contribution >= 0.6 is 0 Å². The van der Waals surface area contributed by atoms with Crippen molar-refractivity contribution in [3.05, 3.63) is 108 Å². The number of carbonyl (C=O) groups is 2. The fourth-order valence-corrected chi connectivity index (χ4v) is 3.64. The van der Waals surface area contributed by atoms with E-state index in [4.69, 9.17) is 10.5 Å². The first-order valence-electron chi connectivity index (χ1n) is 11.4. The number of carbonyl (C=O) groups excluding carboxylic acids is 2. The van der Waals surface area contributed by atoms with Crippen LogP contribution in [-0.2, 0) is 9.53 Å². The Kier molecular flexibility index (Phi) is 8.70. The SMILES string of the molecule is C=C(/C=C\C(=C/C)COC(=O)c1ccc(C)cc1C)[C@H](CN)C(=O)Nc1ccc2cnccc2c1. The number of aromatic nitrogens is 1. The Bertz CT molecular complexity index is 1310. The third-order valence-corrected chi connectivity index (χ3v) is 5.76. The van der Waals surface area contributed by atoms with Crippen LogP contribution in [0.3, 0.4) is 0 Å². The molecule has 0 bridgehead atoms. The van der Waals surface area contributed by atoms with Crippen molar-refractivity contribution in [2.24, 2.45) is 11.7 Å². The summed E-state index contributed by atoms with van der Waals surface area (Å²) in [6.45, 7) is 9.98. The van der Waals surface area contributed by atoms with Crippen LogP contribution in [0.2, 0.25) is 0 Å². The third kappa shape index (κ3) is 6.74. The fourth-order valence-electron chi connectivity index (χ4n) is 3.64. The number of nitrogens with zero attached hydrogens (tertiary/aromatic N) is 1. The van der Waals surface area contributed by atoms with E-state index in [9.17, 15) is 9.59 Å². The molecule has 1 aromatic heterocycles. The summed E-state index contributed by atoms with van der Waals surface area (Å²) in [6, 6.07) is 13.1. The number of allylic oxidation sites excluding steroid dienone is 2.